The van der Waals surface area contributed by atoms with E-state index < -0.39 is 17.9 Å². The Morgan fingerprint density at radius 3 is 2.26 bits per heavy atom. The van der Waals surface area contributed by atoms with Crippen molar-refractivity contribution in [2.24, 2.45) is 0 Å². The lowest BCUT2D eigenvalue weighted by atomic mass is 10.0. The van der Waals surface area contributed by atoms with Gasteiger partial charge in [0.15, 0.2) is 11.5 Å². The third-order valence-electron chi connectivity index (χ3n) is 4.68. The highest BCUT2D eigenvalue weighted by atomic mass is 32.2. The van der Waals surface area contributed by atoms with Crippen LogP contribution in [0.3, 0.4) is 0 Å². The zero-order valence-electron chi connectivity index (χ0n) is 17.2. The van der Waals surface area contributed by atoms with Crippen molar-refractivity contribution in [2.45, 2.75) is 12.5 Å². The fraction of sp³-hybridized carbons (Fsp3) is 0.227. The number of ether oxygens (including phenoxy) is 3. The number of nitrogens with zero attached hydrogens (tertiary/aromatic N) is 1. The molecule has 0 radical (unpaired) electrons. The Bertz CT molecular complexity index is 1010. The van der Waals surface area contributed by atoms with Crippen LogP contribution in [0.4, 0.5) is 0 Å². The molecular weight excluding hydrogens is 438 g/mol. The number of thioether (sulfide) groups is 1. The van der Waals surface area contributed by atoms with E-state index in [0.29, 0.717) is 27.7 Å². The molecule has 2 aromatic carbocycles. The Morgan fingerprint density at radius 2 is 1.74 bits per heavy atom. The quantitative estimate of drug-likeness (QED) is 0.473. The maximum Gasteiger partial charge on any atom is 0.327 e. The fourth-order valence-corrected chi connectivity index (χ4v) is 4.57. The predicted molar refractivity (Wildman–Crippen MR) is 123 cm³/mol. The van der Waals surface area contributed by atoms with Gasteiger partial charge in [-0.05, 0) is 29.3 Å². The first-order valence-corrected chi connectivity index (χ1v) is 10.5. The number of aliphatic carboxylic acids is 1. The van der Waals surface area contributed by atoms with Gasteiger partial charge in [-0.1, -0.05) is 54.3 Å². The summed E-state index contributed by atoms with van der Waals surface area (Å²) in [6, 6.07) is 11.4. The average molecular weight is 460 g/mol. The van der Waals surface area contributed by atoms with Crippen LogP contribution in [0.25, 0.3) is 6.08 Å². The van der Waals surface area contributed by atoms with E-state index >= 15 is 0 Å². The lowest BCUT2D eigenvalue weighted by molar-refractivity contribution is -0.145. The van der Waals surface area contributed by atoms with Crippen LogP contribution in [0, 0.1) is 0 Å². The third kappa shape index (κ3) is 4.83. The number of amides is 1. The number of thiocarbonyl (C=S) groups is 1. The maximum atomic E-state index is 13.1. The molecule has 7 nitrogen and oxygen atoms in total. The molecule has 3 rings (SSSR count). The van der Waals surface area contributed by atoms with Crippen molar-refractivity contribution in [3.8, 4) is 17.2 Å². The minimum atomic E-state index is -1.12. The van der Waals surface area contributed by atoms with Gasteiger partial charge < -0.3 is 19.3 Å². The van der Waals surface area contributed by atoms with Crippen LogP contribution in [0.5, 0.6) is 17.2 Å². The van der Waals surface area contributed by atoms with Crippen molar-refractivity contribution < 1.29 is 28.9 Å². The Morgan fingerprint density at radius 1 is 1.13 bits per heavy atom. The van der Waals surface area contributed by atoms with Crippen molar-refractivity contribution in [1.82, 2.24) is 4.90 Å². The molecule has 1 saturated heterocycles. The van der Waals surface area contributed by atoms with E-state index in [2.05, 4.69) is 0 Å². The standard InChI is InChI=1S/C22H21NO6S2/c1-27-16-10-14(11-17(28-2)19(16)29-3)12-18-20(24)23(22(30)31-18)15(21(25)26)9-13-7-5-4-6-8-13/h4-8,10-12,15H,9H2,1-3H3,(H,25,26)/b18-12-/t15-/m0/s1. The SMILES string of the molecule is COc1cc(/C=C2\SC(=S)N([C@@H](Cc3ccccc3)C(=O)O)C2=O)cc(OC)c1OC. The number of carbonyl (C=O) groups excluding carboxylic acids is 1. The second-order valence-electron chi connectivity index (χ2n) is 6.55. The molecule has 0 saturated carbocycles. The number of benzene rings is 2. The monoisotopic (exact) mass is 459 g/mol. The summed E-state index contributed by atoms with van der Waals surface area (Å²) in [5.41, 5.74) is 1.43. The van der Waals surface area contributed by atoms with Crippen molar-refractivity contribution in [3.63, 3.8) is 0 Å². The molecule has 9 heteroatoms. The van der Waals surface area contributed by atoms with Crippen molar-refractivity contribution in [2.75, 3.05) is 21.3 Å². The maximum absolute atomic E-state index is 13.1. The Balaban J connectivity index is 1.93. The van der Waals surface area contributed by atoms with Crippen LogP contribution < -0.4 is 14.2 Å². The van der Waals surface area contributed by atoms with Gasteiger partial charge in [0, 0.05) is 6.42 Å². The lowest BCUT2D eigenvalue weighted by Gasteiger charge is -2.23. The first kappa shape index (κ1) is 22.6. The molecule has 0 aliphatic carbocycles. The second-order valence-corrected chi connectivity index (χ2v) is 8.23. The van der Waals surface area contributed by atoms with Crippen LogP contribution in [0.1, 0.15) is 11.1 Å². The summed E-state index contributed by atoms with van der Waals surface area (Å²) in [6.07, 6.45) is 1.78. The molecule has 1 heterocycles. The minimum absolute atomic E-state index is 0.153. The van der Waals surface area contributed by atoms with Gasteiger partial charge in [0.05, 0.1) is 26.2 Å². The van der Waals surface area contributed by atoms with Gasteiger partial charge in [-0.2, -0.15) is 0 Å². The lowest BCUT2D eigenvalue weighted by Crippen LogP contribution is -2.45. The minimum Gasteiger partial charge on any atom is -0.493 e. The molecular formula is C22H21NO6S2. The summed E-state index contributed by atoms with van der Waals surface area (Å²) in [4.78, 5) is 26.5. The molecule has 1 amide bonds. The van der Waals surface area contributed by atoms with E-state index in [9.17, 15) is 14.7 Å². The normalized spacial score (nSPS) is 15.8. The largest absolute Gasteiger partial charge is 0.493 e. The molecule has 0 spiro atoms. The van der Waals surface area contributed by atoms with Crippen LogP contribution in [0.15, 0.2) is 47.4 Å². The van der Waals surface area contributed by atoms with E-state index in [4.69, 9.17) is 26.4 Å². The van der Waals surface area contributed by atoms with Gasteiger partial charge in [0.2, 0.25) is 5.75 Å². The smallest absolute Gasteiger partial charge is 0.327 e. The number of rotatable bonds is 8. The van der Waals surface area contributed by atoms with E-state index in [0.717, 1.165) is 17.3 Å². The van der Waals surface area contributed by atoms with Gasteiger partial charge in [0.25, 0.3) is 5.91 Å². The molecule has 162 valence electrons. The van der Waals surface area contributed by atoms with Crippen molar-refractivity contribution in [1.29, 1.82) is 0 Å². The number of carboxylic acids is 1. The van der Waals surface area contributed by atoms with Crippen LogP contribution in [0.2, 0.25) is 0 Å². The number of carboxylic acid groups (broad SMARTS) is 1. The number of hydrogen-bond acceptors (Lipinski definition) is 7. The van der Waals surface area contributed by atoms with Gasteiger partial charge in [0.1, 0.15) is 10.4 Å². The highest BCUT2D eigenvalue weighted by Gasteiger charge is 2.40. The summed E-state index contributed by atoms with van der Waals surface area (Å²) in [5.74, 6) is -0.253. The summed E-state index contributed by atoms with van der Waals surface area (Å²) < 4.78 is 16.2. The van der Waals surface area contributed by atoms with Crippen LogP contribution in [-0.4, -0.2) is 53.6 Å². The van der Waals surface area contributed by atoms with E-state index in [1.54, 1.807) is 18.2 Å². The van der Waals surface area contributed by atoms with Crippen molar-refractivity contribution >= 4 is 46.3 Å². The second kappa shape index (κ2) is 9.84. The van der Waals surface area contributed by atoms with Gasteiger partial charge in [-0.25, -0.2) is 4.79 Å². The number of carbonyl (C=O) groups is 2. The highest BCUT2D eigenvalue weighted by Crippen LogP contribution is 2.40. The molecule has 0 aromatic heterocycles. The predicted octanol–water partition coefficient (Wildman–Crippen LogP) is 3.61. The average Bonchev–Trinajstić information content (AvgIpc) is 3.04. The zero-order chi connectivity index (χ0) is 22.5. The molecule has 2 aromatic rings. The molecule has 0 unspecified atom stereocenters. The highest BCUT2D eigenvalue weighted by molar-refractivity contribution is 8.26. The van der Waals surface area contributed by atoms with E-state index in [1.807, 2.05) is 30.3 Å². The van der Waals surface area contributed by atoms with Gasteiger partial charge in [-0.3, -0.25) is 9.69 Å². The molecule has 1 fully saturated rings. The number of hydrogen-bond donors (Lipinski definition) is 1. The van der Waals surface area contributed by atoms with Crippen LogP contribution >= 0.6 is 24.0 Å². The van der Waals surface area contributed by atoms with Gasteiger partial charge in [-0.15, -0.1) is 0 Å². The molecule has 1 atom stereocenters. The van der Waals surface area contributed by atoms with Crippen LogP contribution in [-0.2, 0) is 16.0 Å². The third-order valence-corrected chi connectivity index (χ3v) is 6.01. The summed E-state index contributed by atoms with van der Waals surface area (Å²) >= 11 is 6.42. The topological polar surface area (TPSA) is 85.3 Å². The Hall–Kier alpha value is -3.04. The van der Waals surface area contributed by atoms with Crippen molar-refractivity contribution in [3.05, 3.63) is 58.5 Å². The number of methoxy groups -OCH3 is 3. The Labute approximate surface area is 189 Å². The van der Waals surface area contributed by atoms with E-state index in [1.165, 1.54) is 26.2 Å². The zero-order valence-corrected chi connectivity index (χ0v) is 18.8. The first-order chi connectivity index (χ1) is 14.9. The summed E-state index contributed by atoms with van der Waals surface area (Å²) in [7, 11) is 4.51. The van der Waals surface area contributed by atoms with Gasteiger partial charge >= 0.3 is 5.97 Å². The molecule has 0 bridgehead atoms. The first-order valence-electron chi connectivity index (χ1n) is 9.23. The van der Waals surface area contributed by atoms with E-state index in [-0.39, 0.29) is 10.7 Å². The fourth-order valence-electron chi connectivity index (χ4n) is 3.21. The molecule has 31 heavy (non-hydrogen) atoms. The molecule has 1 aliphatic rings. The molecule has 1 N–H and O–H groups in total. The summed E-state index contributed by atoms with van der Waals surface area (Å²) in [6.45, 7) is 0. The molecule has 1 aliphatic heterocycles. The Kier molecular flexibility index (Phi) is 7.19. The summed E-state index contributed by atoms with van der Waals surface area (Å²) in [5, 5.41) is 9.77.